The zero-order valence-electron chi connectivity index (χ0n) is 6.27. The summed E-state index contributed by atoms with van der Waals surface area (Å²) in [6.07, 6.45) is 0. The Kier molecular flexibility index (Phi) is 2.75. The van der Waals surface area contributed by atoms with Gasteiger partial charge in [-0.05, 0) is 12.5 Å². The van der Waals surface area contributed by atoms with Crippen LogP contribution in [0.3, 0.4) is 0 Å². The molecule has 0 aliphatic heterocycles. The van der Waals surface area contributed by atoms with Crippen molar-refractivity contribution in [1.29, 1.82) is 0 Å². The molecule has 1 unspecified atom stereocenters. The Morgan fingerprint density at radius 1 is 1.25 bits per heavy atom. The number of benzene rings is 1. The monoisotopic (exact) mass is 203 g/mol. The van der Waals surface area contributed by atoms with Crippen LogP contribution in [0.1, 0.15) is 10.8 Å². The molecule has 12 heavy (non-hydrogen) atoms. The summed E-state index contributed by atoms with van der Waals surface area (Å²) in [4.78, 5) is 0. The van der Waals surface area contributed by atoms with Crippen LogP contribution < -0.4 is 0 Å². The van der Waals surface area contributed by atoms with Gasteiger partial charge in [-0.1, -0.05) is 30.3 Å². The van der Waals surface area contributed by atoms with E-state index in [-0.39, 0.29) is 0 Å². The number of halogens is 1. The highest BCUT2D eigenvalue weighted by Gasteiger charge is 2.18. The van der Waals surface area contributed by atoms with Gasteiger partial charge in [-0.2, -0.15) is 0 Å². The molecule has 4 heteroatoms. The summed E-state index contributed by atoms with van der Waals surface area (Å²) in [5.74, 6) is 0. The zero-order valence-corrected chi connectivity index (χ0v) is 7.85. The van der Waals surface area contributed by atoms with Crippen molar-refractivity contribution in [3.63, 3.8) is 0 Å². The Morgan fingerprint density at radius 3 is 2.17 bits per heavy atom. The van der Waals surface area contributed by atoms with E-state index in [1.54, 1.807) is 30.3 Å². The van der Waals surface area contributed by atoms with Gasteiger partial charge in [0.15, 0.2) is 0 Å². The van der Waals surface area contributed by atoms with Gasteiger partial charge in [0.1, 0.15) is 5.25 Å². The predicted octanol–water partition coefficient (Wildman–Crippen LogP) is 2.13. The van der Waals surface area contributed by atoms with E-state index < -0.39 is 14.3 Å². The van der Waals surface area contributed by atoms with Gasteiger partial charge in [0.25, 0.3) is 0 Å². The van der Waals surface area contributed by atoms with E-state index in [0.29, 0.717) is 5.56 Å². The molecule has 0 aliphatic rings. The molecule has 1 atom stereocenters. The normalized spacial score (nSPS) is 14.2. The summed E-state index contributed by atoms with van der Waals surface area (Å²) >= 11 is 0. The standard InChI is InChI=1S/C8H8ClO2S/c1-7(12(9,10)11)8-5-3-2-4-6-8/h2-7H,1H2. The minimum atomic E-state index is -3.59. The molecule has 0 saturated heterocycles. The van der Waals surface area contributed by atoms with Crippen molar-refractivity contribution in [2.24, 2.45) is 0 Å². The highest BCUT2D eigenvalue weighted by molar-refractivity contribution is 8.14. The number of hydrogen-bond acceptors (Lipinski definition) is 2. The van der Waals surface area contributed by atoms with Crippen molar-refractivity contribution < 1.29 is 8.42 Å². The first-order chi connectivity index (χ1) is 5.52. The van der Waals surface area contributed by atoms with E-state index >= 15 is 0 Å². The maximum atomic E-state index is 10.8. The van der Waals surface area contributed by atoms with Gasteiger partial charge in [-0.25, -0.2) is 8.42 Å². The third-order valence-corrected chi connectivity index (χ3v) is 3.11. The first-order valence-electron chi connectivity index (χ1n) is 3.33. The zero-order chi connectivity index (χ0) is 9.19. The average Bonchev–Trinajstić information content (AvgIpc) is 2.03. The molecule has 0 bridgehead atoms. The molecular weight excluding hydrogens is 196 g/mol. The largest absolute Gasteiger partial charge is 0.239 e. The summed E-state index contributed by atoms with van der Waals surface area (Å²) in [6, 6.07) is 8.65. The second kappa shape index (κ2) is 3.46. The maximum absolute atomic E-state index is 10.8. The Hall–Kier alpha value is -0.540. The summed E-state index contributed by atoms with van der Waals surface area (Å²) in [7, 11) is 1.53. The van der Waals surface area contributed by atoms with Crippen molar-refractivity contribution in [2.45, 2.75) is 5.25 Å². The smallest absolute Gasteiger partial charge is 0.212 e. The quantitative estimate of drug-likeness (QED) is 0.691. The minimum Gasteiger partial charge on any atom is -0.212 e. The van der Waals surface area contributed by atoms with Crippen LogP contribution in [0.4, 0.5) is 0 Å². The molecule has 0 aliphatic carbocycles. The molecule has 2 nitrogen and oxygen atoms in total. The Bertz CT molecular complexity index is 345. The lowest BCUT2D eigenvalue weighted by molar-refractivity contribution is 0.604. The molecule has 1 radical (unpaired) electrons. The third kappa shape index (κ3) is 2.22. The molecule has 0 amide bonds. The van der Waals surface area contributed by atoms with Crippen LogP contribution in [0.15, 0.2) is 30.3 Å². The fourth-order valence-electron chi connectivity index (χ4n) is 0.830. The number of rotatable bonds is 2. The summed E-state index contributed by atoms with van der Waals surface area (Å²) in [5.41, 5.74) is 0.604. The van der Waals surface area contributed by atoms with Gasteiger partial charge in [0.2, 0.25) is 9.05 Å². The highest BCUT2D eigenvalue weighted by atomic mass is 35.7. The van der Waals surface area contributed by atoms with E-state index in [1.165, 1.54) is 0 Å². The van der Waals surface area contributed by atoms with Crippen LogP contribution >= 0.6 is 10.7 Å². The molecule has 0 aromatic heterocycles. The van der Waals surface area contributed by atoms with E-state index in [1.807, 2.05) is 0 Å². The van der Waals surface area contributed by atoms with Crippen molar-refractivity contribution in [3.8, 4) is 0 Å². The van der Waals surface area contributed by atoms with Gasteiger partial charge in [-0.3, -0.25) is 0 Å². The van der Waals surface area contributed by atoms with Crippen molar-refractivity contribution in [1.82, 2.24) is 0 Å². The van der Waals surface area contributed by atoms with E-state index in [9.17, 15) is 8.42 Å². The second-order valence-electron chi connectivity index (χ2n) is 2.37. The van der Waals surface area contributed by atoms with E-state index in [4.69, 9.17) is 10.7 Å². The average molecular weight is 204 g/mol. The predicted molar refractivity (Wildman–Crippen MR) is 49.3 cm³/mol. The molecule has 0 fully saturated rings. The topological polar surface area (TPSA) is 34.1 Å². The second-order valence-corrected chi connectivity index (χ2v) is 5.19. The minimum absolute atomic E-state index is 0.604. The third-order valence-electron chi connectivity index (χ3n) is 1.51. The Labute approximate surface area is 76.6 Å². The van der Waals surface area contributed by atoms with Gasteiger partial charge < -0.3 is 0 Å². The van der Waals surface area contributed by atoms with Crippen molar-refractivity contribution in [2.75, 3.05) is 0 Å². The summed E-state index contributed by atoms with van der Waals surface area (Å²) < 4.78 is 21.7. The fraction of sp³-hybridized carbons (Fsp3) is 0.125. The number of hydrogen-bond donors (Lipinski definition) is 0. The summed E-state index contributed by atoms with van der Waals surface area (Å²) in [6.45, 7) is 3.46. The molecule has 0 N–H and O–H groups in total. The van der Waals surface area contributed by atoms with Crippen LogP contribution in [0, 0.1) is 6.92 Å². The maximum Gasteiger partial charge on any atom is 0.239 e. The van der Waals surface area contributed by atoms with Crippen LogP contribution in [-0.2, 0) is 9.05 Å². The van der Waals surface area contributed by atoms with Crippen molar-refractivity contribution in [3.05, 3.63) is 42.8 Å². The molecule has 1 aromatic carbocycles. The SMILES string of the molecule is [CH2]C(c1ccccc1)S(=O)(=O)Cl. The van der Waals surface area contributed by atoms with Gasteiger partial charge in [0, 0.05) is 10.7 Å². The first kappa shape index (κ1) is 9.55. The molecule has 0 spiro atoms. The van der Waals surface area contributed by atoms with E-state index in [0.717, 1.165) is 0 Å². The molecule has 65 valence electrons. The van der Waals surface area contributed by atoms with Crippen molar-refractivity contribution >= 4 is 19.7 Å². The van der Waals surface area contributed by atoms with E-state index in [2.05, 4.69) is 6.92 Å². The molecule has 1 aromatic rings. The molecule has 1 rings (SSSR count). The van der Waals surface area contributed by atoms with Crippen LogP contribution in [0.5, 0.6) is 0 Å². The molecule has 0 heterocycles. The van der Waals surface area contributed by atoms with Crippen LogP contribution in [0.2, 0.25) is 0 Å². The van der Waals surface area contributed by atoms with Gasteiger partial charge in [0.05, 0.1) is 0 Å². The van der Waals surface area contributed by atoms with Gasteiger partial charge in [-0.15, -0.1) is 0 Å². The Balaban J connectivity index is 3.02. The fourth-order valence-corrected chi connectivity index (χ4v) is 1.62. The Morgan fingerprint density at radius 2 is 1.75 bits per heavy atom. The lowest BCUT2D eigenvalue weighted by atomic mass is 10.2. The first-order valence-corrected chi connectivity index (χ1v) is 5.70. The van der Waals surface area contributed by atoms with Crippen LogP contribution in [0.25, 0.3) is 0 Å². The molecular formula is C8H8ClO2S. The lowest BCUT2D eigenvalue weighted by Crippen LogP contribution is -2.02. The van der Waals surface area contributed by atoms with Crippen LogP contribution in [-0.4, -0.2) is 8.42 Å². The molecule has 0 saturated carbocycles. The lowest BCUT2D eigenvalue weighted by Gasteiger charge is -2.06. The highest BCUT2D eigenvalue weighted by Crippen LogP contribution is 2.23. The van der Waals surface area contributed by atoms with Gasteiger partial charge >= 0.3 is 0 Å². The summed E-state index contributed by atoms with van der Waals surface area (Å²) in [5, 5.41) is -0.889.